The van der Waals surface area contributed by atoms with Crippen LogP contribution in [-0.2, 0) is 45.7 Å². The SMILES string of the molecule is COC(=O)[C@H](CSSC[C@H](NC(=O)[C]1[CH][CH][CH][CH]1)C(=O)OC)NC(=O)[C]1[CH][CH][CH][CH]1.[Fe+2]. The Bertz CT molecular complexity index is 560. The Labute approximate surface area is 202 Å². The number of esters is 2. The molecule has 2 aliphatic carbocycles. The molecule has 2 saturated carbocycles. The van der Waals surface area contributed by atoms with Crippen LogP contribution < -0.4 is 10.6 Å². The van der Waals surface area contributed by atoms with Crippen molar-refractivity contribution in [3.63, 3.8) is 0 Å². The summed E-state index contributed by atoms with van der Waals surface area (Å²) in [6.45, 7) is 0. The summed E-state index contributed by atoms with van der Waals surface area (Å²) in [5.41, 5.74) is 0. The molecule has 2 aliphatic rings. The Kier molecular flexibility index (Phi) is 13.6. The topological polar surface area (TPSA) is 111 Å². The van der Waals surface area contributed by atoms with Crippen LogP contribution in [0.4, 0.5) is 0 Å². The molecule has 11 heteroatoms. The molecule has 0 aliphatic heterocycles. The molecule has 10 radical (unpaired) electrons. The van der Waals surface area contributed by atoms with E-state index in [0.717, 1.165) is 0 Å². The second-order valence-electron chi connectivity index (χ2n) is 6.01. The van der Waals surface area contributed by atoms with Crippen LogP contribution in [0.25, 0.3) is 0 Å². The van der Waals surface area contributed by atoms with Crippen LogP contribution in [0.1, 0.15) is 0 Å². The number of amides is 2. The zero-order valence-electron chi connectivity index (χ0n) is 16.8. The molecule has 31 heavy (non-hydrogen) atoms. The number of methoxy groups -OCH3 is 2. The molecule has 0 bridgehead atoms. The van der Waals surface area contributed by atoms with Gasteiger partial charge in [0, 0.05) is 11.5 Å². The predicted octanol–water partition coefficient (Wildman–Crippen LogP) is 0.491. The molecule has 0 heterocycles. The van der Waals surface area contributed by atoms with Gasteiger partial charge >= 0.3 is 29.0 Å². The Morgan fingerprint density at radius 3 is 1.35 bits per heavy atom. The first-order valence-electron chi connectivity index (χ1n) is 8.91. The first-order valence-corrected chi connectivity index (χ1v) is 11.4. The fourth-order valence-electron chi connectivity index (χ4n) is 2.39. The summed E-state index contributed by atoms with van der Waals surface area (Å²) < 4.78 is 9.50. The molecule has 0 aromatic rings. The van der Waals surface area contributed by atoms with Crippen molar-refractivity contribution in [3.05, 3.63) is 63.2 Å². The van der Waals surface area contributed by atoms with Gasteiger partial charge < -0.3 is 20.1 Å². The van der Waals surface area contributed by atoms with Gasteiger partial charge in [-0.2, -0.15) is 0 Å². The molecule has 2 fully saturated rings. The maximum atomic E-state index is 12.2. The molecule has 0 saturated heterocycles. The quantitative estimate of drug-likeness (QED) is 0.180. The Morgan fingerprint density at radius 1 is 0.742 bits per heavy atom. The third-order valence-electron chi connectivity index (χ3n) is 3.98. The van der Waals surface area contributed by atoms with Gasteiger partial charge in [-0.3, -0.25) is 9.59 Å². The molecule has 2 N–H and O–H groups in total. The second-order valence-corrected chi connectivity index (χ2v) is 8.57. The van der Waals surface area contributed by atoms with Crippen LogP contribution in [-0.4, -0.2) is 61.6 Å². The van der Waals surface area contributed by atoms with E-state index in [9.17, 15) is 19.2 Å². The van der Waals surface area contributed by atoms with Crippen LogP contribution in [0.15, 0.2) is 0 Å². The minimum atomic E-state index is -0.856. The molecular formula is C20H22FeN2O6S2+2. The molecule has 0 spiro atoms. The van der Waals surface area contributed by atoms with E-state index in [-0.39, 0.29) is 40.4 Å². The Morgan fingerprint density at radius 2 is 1.06 bits per heavy atom. The Hall–Kier alpha value is -0.901. The minimum Gasteiger partial charge on any atom is -0.467 e. The van der Waals surface area contributed by atoms with Crippen LogP contribution >= 0.6 is 21.6 Å². The molecule has 0 unspecified atom stereocenters. The van der Waals surface area contributed by atoms with Gasteiger partial charge in [-0.15, -0.1) is 0 Å². The van der Waals surface area contributed by atoms with E-state index in [1.807, 2.05) is 0 Å². The second kappa shape index (κ2) is 15.0. The maximum absolute atomic E-state index is 12.2. The number of nitrogens with one attached hydrogen (secondary N) is 2. The van der Waals surface area contributed by atoms with E-state index in [0.29, 0.717) is 11.8 Å². The van der Waals surface area contributed by atoms with Crippen molar-refractivity contribution in [3.8, 4) is 0 Å². The number of hydrogen-bond donors (Lipinski definition) is 2. The van der Waals surface area contributed by atoms with E-state index < -0.39 is 24.0 Å². The first-order chi connectivity index (χ1) is 14.5. The molecule has 0 aromatic heterocycles. The van der Waals surface area contributed by atoms with E-state index in [1.165, 1.54) is 35.8 Å². The summed E-state index contributed by atoms with van der Waals surface area (Å²) in [7, 11) is 5.02. The number of hydrogen-bond acceptors (Lipinski definition) is 8. The van der Waals surface area contributed by atoms with E-state index in [4.69, 9.17) is 9.47 Å². The number of carbonyl (C=O) groups excluding carboxylic acids is 4. The molecule has 166 valence electrons. The summed E-state index contributed by atoms with van der Waals surface area (Å²) in [6.07, 6.45) is 13.5. The first kappa shape index (κ1) is 28.1. The van der Waals surface area contributed by atoms with Gasteiger partial charge in [-0.1, -0.05) is 21.6 Å². The normalized spacial score (nSPS) is 18.5. The largest absolute Gasteiger partial charge is 2.00 e. The van der Waals surface area contributed by atoms with Gasteiger partial charge in [0.1, 0.15) is 12.1 Å². The average molecular weight is 506 g/mol. The standard InChI is InChI=1S/C20H22N2O6S2.Fe/c1-27-19(25)15(21-17(23)13-7-3-4-8-13)11-29-30-12-16(20(26)28-2)22-18(24)14-9-5-6-10-14;/h3-10,15-16H,11-12H2,1-2H3,(H,21,23)(H,22,24);/q;+2/t15-,16-;/m0./s1. The van der Waals surface area contributed by atoms with E-state index in [1.54, 1.807) is 51.4 Å². The monoisotopic (exact) mass is 506 g/mol. The van der Waals surface area contributed by atoms with E-state index in [2.05, 4.69) is 10.6 Å². The van der Waals surface area contributed by atoms with Crippen LogP contribution in [0.5, 0.6) is 0 Å². The zero-order chi connectivity index (χ0) is 21.9. The Balaban J connectivity index is 0.00000480. The summed E-state index contributed by atoms with van der Waals surface area (Å²) in [5, 5.41) is 5.27. The molecule has 2 amide bonds. The van der Waals surface area contributed by atoms with Gasteiger partial charge in [0.2, 0.25) is 11.8 Å². The molecule has 2 atom stereocenters. The maximum Gasteiger partial charge on any atom is 2.00 e. The number of rotatable bonds is 11. The summed E-state index contributed by atoms with van der Waals surface area (Å²) in [6, 6.07) is -1.71. The van der Waals surface area contributed by atoms with Gasteiger partial charge in [-0.25, -0.2) is 9.59 Å². The van der Waals surface area contributed by atoms with Gasteiger partial charge in [0.25, 0.3) is 0 Å². The van der Waals surface area contributed by atoms with Crippen molar-refractivity contribution in [1.29, 1.82) is 0 Å². The minimum absolute atomic E-state index is 0. The summed E-state index contributed by atoms with van der Waals surface area (Å²) >= 11 is 0. The van der Waals surface area contributed by atoms with Crippen LogP contribution in [0, 0.1) is 63.2 Å². The fraction of sp³-hybridized carbons (Fsp3) is 0.300. The number of ether oxygens (including phenoxy) is 2. The van der Waals surface area contributed by atoms with E-state index >= 15 is 0 Å². The molecule has 8 nitrogen and oxygen atoms in total. The molecular weight excluding hydrogens is 484 g/mol. The van der Waals surface area contributed by atoms with Gasteiger partial charge in [-0.05, 0) is 51.4 Å². The molecule has 2 rings (SSSR count). The summed E-state index contributed by atoms with van der Waals surface area (Å²) in [5.74, 6) is -0.576. The van der Waals surface area contributed by atoms with Crippen LogP contribution in [0.2, 0.25) is 0 Å². The van der Waals surface area contributed by atoms with Gasteiger partial charge in [0.15, 0.2) is 0 Å². The van der Waals surface area contributed by atoms with Crippen LogP contribution in [0.3, 0.4) is 0 Å². The van der Waals surface area contributed by atoms with Crippen molar-refractivity contribution >= 4 is 45.3 Å². The smallest absolute Gasteiger partial charge is 0.467 e. The van der Waals surface area contributed by atoms with Crippen molar-refractivity contribution < 1.29 is 45.7 Å². The average Bonchev–Trinajstić information content (AvgIpc) is 3.47. The van der Waals surface area contributed by atoms with Crippen molar-refractivity contribution in [1.82, 2.24) is 10.6 Å². The summed E-state index contributed by atoms with van der Waals surface area (Å²) in [4.78, 5) is 48.4. The fourth-order valence-corrected chi connectivity index (χ4v) is 4.69. The third kappa shape index (κ3) is 9.24. The van der Waals surface area contributed by atoms with Gasteiger partial charge in [0.05, 0.1) is 26.1 Å². The number of carbonyl (C=O) groups is 4. The van der Waals surface area contributed by atoms with Crippen molar-refractivity contribution in [2.24, 2.45) is 0 Å². The molecule has 0 aromatic carbocycles. The zero-order valence-corrected chi connectivity index (χ0v) is 19.5. The van der Waals surface area contributed by atoms with Crippen molar-refractivity contribution in [2.75, 3.05) is 25.7 Å². The third-order valence-corrected chi connectivity index (χ3v) is 6.41. The predicted molar refractivity (Wildman–Crippen MR) is 114 cm³/mol. The van der Waals surface area contributed by atoms with Crippen molar-refractivity contribution in [2.45, 2.75) is 12.1 Å².